The average molecular weight is 532 g/mol. The Labute approximate surface area is 256 Å². The van der Waals surface area contributed by atoms with Gasteiger partial charge in [-0.2, -0.15) is 9.97 Å². The smallest absolute Gasteiger partial charge is 0.548 e. The van der Waals surface area contributed by atoms with Crippen LogP contribution in [-0.2, 0) is 22.4 Å². The summed E-state index contributed by atoms with van der Waals surface area (Å²) in [5.74, 6) is -0.734. The van der Waals surface area contributed by atoms with Gasteiger partial charge >= 0.3 is 57.4 Å². The number of nitrogens with two attached hydrogens (primary N) is 2. The summed E-state index contributed by atoms with van der Waals surface area (Å²) in [4.78, 5) is 50.5. The number of aromatic nitrogens is 4. The van der Waals surface area contributed by atoms with Crippen molar-refractivity contribution in [3.63, 3.8) is 0 Å². The third kappa shape index (κ3) is 10.4. The minimum absolute atomic E-state index is 0. The summed E-state index contributed by atoms with van der Waals surface area (Å²) in [6.07, 6.45) is 7.67. The van der Waals surface area contributed by atoms with Gasteiger partial charge in [0.2, 0.25) is 5.95 Å². The number of hydrogen-bond donors (Lipinski definition) is 4. The largest absolute Gasteiger partial charge is 1.00 e. The number of aliphatic carboxylic acids is 2. The second-order valence-corrected chi connectivity index (χ2v) is 7.53. The van der Waals surface area contributed by atoms with Gasteiger partial charge in [-0.25, -0.2) is 9.97 Å². The van der Waals surface area contributed by atoms with Crippen molar-refractivity contribution in [2.24, 2.45) is 0 Å². The molecule has 1 amide bonds. The Balaban J connectivity index is 0.00000127. The van der Waals surface area contributed by atoms with E-state index >= 15 is 0 Å². The van der Waals surface area contributed by atoms with Crippen LogP contribution in [0, 0.1) is 12.3 Å². The van der Waals surface area contributed by atoms with E-state index in [1.165, 1.54) is 0 Å². The van der Waals surface area contributed by atoms with Crippen LogP contribution in [0.1, 0.15) is 47.8 Å². The zero-order valence-electron chi connectivity index (χ0n) is 20.6. The molecule has 1 aromatic carbocycles. The molecule has 0 saturated carbocycles. The van der Waals surface area contributed by atoms with E-state index in [-0.39, 0.29) is 75.1 Å². The van der Waals surface area contributed by atoms with Gasteiger partial charge in [0, 0.05) is 18.4 Å². The predicted octanol–water partition coefficient (Wildman–Crippen LogP) is -2.88. The fourth-order valence-electron chi connectivity index (χ4n) is 2.96. The quantitative estimate of drug-likeness (QED) is 0.163. The number of carboxylic acid groups (broad SMARTS) is 2. The molecule has 1 atom stereocenters. The van der Waals surface area contributed by atoms with Crippen LogP contribution in [0.15, 0.2) is 30.5 Å². The van der Waals surface area contributed by atoms with Crippen LogP contribution in [0.25, 0.3) is 11.2 Å². The second-order valence-electron chi connectivity index (χ2n) is 7.53. The topological polar surface area (TPSA) is 210 Å². The fourth-order valence-corrected chi connectivity index (χ4v) is 2.96. The Morgan fingerprint density at radius 3 is 2.35 bits per heavy atom. The predicted molar refractivity (Wildman–Crippen MR) is 130 cm³/mol. The number of carbonyl (C=O) groups is 3. The molecule has 0 radical (unpaired) electrons. The molecular formula is C24H26KN7O5. The minimum Gasteiger partial charge on any atom is -0.548 e. The number of aryl methyl sites for hydroxylation is 2. The third-order valence-corrected chi connectivity index (χ3v) is 4.83. The number of carbonyl (C=O) groups excluding carboxylic acids is 2. The summed E-state index contributed by atoms with van der Waals surface area (Å²) < 4.78 is 0. The second kappa shape index (κ2) is 15.8. The van der Waals surface area contributed by atoms with Gasteiger partial charge in [0.05, 0.1) is 23.9 Å². The summed E-state index contributed by atoms with van der Waals surface area (Å²) >= 11 is 0. The van der Waals surface area contributed by atoms with Crippen LogP contribution >= 0.6 is 0 Å². The van der Waals surface area contributed by atoms with E-state index < -0.39 is 30.3 Å². The van der Waals surface area contributed by atoms with Crippen molar-refractivity contribution in [1.29, 1.82) is 0 Å². The molecule has 2 aromatic heterocycles. The van der Waals surface area contributed by atoms with Gasteiger partial charge in [0.25, 0.3) is 5.91 Å². The normalized spacial score (nSPS) is 10.7. The van der Waals surface area contributed by atoms with Crippen molar-refractivity contribution < 1.29 is 76.0 Å². The first-order chi connectivity index (χ1) is 17.1. The summed E-state index contributed by atoms with van der Waals surface area (Å²) in [7, 11) is 0. The Hall–Kier alpha value is -3.15. The van der Waals surface area contributed by atoms with E-state index in [9.17, 15) is 19.5 Å². The Bertz CT molecular complexity index is 1280. The van der Waals surface area contributed by atoms with Crippen LogP contribution in [0.5, 0.6) is 0 Å². The van der Waals surface area contributed by atoms with Gasteiger partial charge in [0.1, 0.15) is 0 Å². The standard InChI is InChI=1S/C20H21N7O5.C4H6.K/c21-16-15-17(27-20(22)26-16)23-9-12(24-15)6-3-10-1-4-11(5-2-10)18(30)25-13(19(31)32)7-8-14(28)29;1-3-4-2;/h1-2,4-5,9,13H,3,6-8H2,(H,25,30)(H,28,29)(H,31,32)(H4,21,22,23,26,27);1H,4H2,2H3;/q;;+1/p-1/t13-;;/m0../s1. The van der Waals surface area contributed by atoms with Gasteiger partial charge in [-0.1, -0.05) is 19.1 Å². The Kier molecular flexibility index (Phi) is 13.7. The van der Waals surface area contributed by atoms with Crippen molar-refractivity contribution in [3.05, 3.63) is 47.3 Å². The fraction of sp³-hybridized carbons (Fsp3) is 0.292. The minimum atomic E-state index is -1.54. The molecule has 0 fully saturated rings. The number of amides is 1. The molecule has 12 nitrogen and oxygen atoms in total. The maximum atomic E-state index is 12.3. The van der Waals surface area contributed by atoms with E-state index in [1.54, 1.807) is 30.5 Å². The number of nitrogen functional groups attached to an aromatic ring is 2. The summed E-state index contributed by atoms with van der Waals surface area (Å²) in [5, 5.41) is 22.1. The van der Waals surface area contributed by atoms with Crippen LogP contribution in [0.3, 0.4) is 0 Å². The summed E-state index contributed by atoms with van der Waals surface area (Å²) in [5.41, 5.74) is 13.9. The number of nitrogens with zero attached hydrogens (tertiary/aromatic N) is 4. The number of terminal acetylenes is 1. The van der Waals surface area contributed by atoms with Crippen molar-refractivity contribution in [2.75, 3.05) is 11.5 Å². The number of carboxylic acids is 2. The Morgan fingerprint density at radius 1 is 1.14 bits per heavy atom. The van der Waals surface area contributed by atoms with Crippen molar-refractivity contribution in [3.8, 4) is 12.3 Å². The summed E-state index contributed by atoms with van der Waals surface area (Å²) in [6, 6.07) is 5.17. The molecule has 0 spiro atoms. The van der Waals surface area contributed by atoms with Crippen LogP contribution in [0.4, 0.5) is 11.8 Å². The number of anilines is 2. The zero-order chi connectivity index (χ0) is 26.7. The van der Waals surface area contributed by atoms with Gasteiger partial charge < -0.3 is 31.8 Å². The van der Waals surface area contributed by atoms with Crippen LogP contribution in [-0.4, -0.2) is 48.9 Å². The van der Waals surface area contributed by atoms with Crippen LogP contribution < -0.4 is 73.3 Å². The molecule has 0 aliphatic carbocycles. The molecule has 3 rings (SSSR count). The van der Waals surface area contributed by atoms with Gasteiger partial charge in [-0.05, 0) is 37.0 Å². The van der Waals surface area contributed by atoms with Gasteiger partial charge in [-0.15, -0.1) is 12.3 Å². The molecule has 13 heteroatoms. The number of rotatable bonds is 9. The van der Waals surface area contributed by atoms with Crippen molar-refractivity contribution >= 4 is 40.8 Å². The number of benzene rings is 1. The van der Waals surface area contributed by atoms with Crippen molar-refractivity contribution in [2.45, 2.75) is 45.1 Å². The molecule has 0 saturated heterocycles. The number of fused-ring (bicyclic) bond motifs is 1. The van der Waals surface area contributed by atoms with Gasteiger partial charge in [-0.3, -0.25) is 9.59 Å². The van der Waals surface area contributed by atoms with Crippen molar-refractivity contribution in [1.82, 2.24) is 25.3 Å². The first kappa shape index (κ1) is 31.9. The molecule has 2 heterocycles. The molecule has 0 bridgehead atoms. The van der Waals surface area contributed by atoms with Crippen LogP contribution in [0.2, 0.25) is 0 Å². The van der Waals surface area contributed by atoms with E-state index in [0.29, 0.717) is 29.7 Å². The molecule has 0 unspecified atom stereocenters. The first-order valence-corrected chi connectivity index (χ1v) is 10.9. The summed E-state index contributed by atoms with van der Waals surface area (Å²) in [6.45, 7) is 1.94. The van der Waals surface area contributed by atoms with E-state index in [0.717, 1.165) is 12.0 Å². The van der Waals surface area contributed by atoms with E-state index in [1.807, 2.05) is 6.92 Å². The van der Waals surface area contributed by atoms with Gasteiger partial charge in [0.15, 0.2) is 17.0 Å². The zero-order valence-corrected chi connectivity index (χ0v) is 23.7. The maximum absolute atomic E-state index is 12.3. The molecule has 188 valence electrons. The first-order valence-electron chi connectivity index (χ1n) is 10.9. The number of nitrogens with one attached hydrogen (secondary N) is 1. The third-order valence-electron chi connectivity index (χ3n) is 4.83. The maximum Gasteiger partial charge on any atom is 1.00 e. The molecular weight excluding hydrogens is 505 g/mol. The number of hydrogen-bond acceptors (Lipinski definition) is 10. The average Bonchev–Trinajstić information content (AvgIpc) is 2.85. The molecule has 0 aliphatic rings. The van der Waals surface area contributed by atoms with E-state index in [4.69, 9.17) is 23.0 Å². The molecule has 6 N–H and O–H groups in total. The monoisotopic (exact) mass is 531 g/mol. The SMILES string of the molecule is C#CCC.Nc1nc(N)c2nc(CCc3ccc(C(=O)N[C@@H](CCC(=O)O)C(=O)[O-])cc3)cnc2n1.[K+]. The van der Waals surface area contributed by atoms with E-state index in [2.05, 4.69) is 31.2 Å². The molecule has 3 aromatic rings. The molecule has 0 aliphatic heterocycles. The molecule has 37 heavy (non-hydrogen) atoms. The Morgan fingerprint density at radius 2 is 1.78 bits per heavy atom.